The fourth-order valence-electron chi connectivity index (χ4n) is 9.34. The van der Waals surface area contributed by atoms with Crippen LogP contribution < -0.4 is 16.0 Å². The quantitative estimate of drug-likeness (QED) is 0.0716. The second kappa shape index (κ2) is 18.8. The Kier molecular flexibility index (Phi) is 13.1. The third kappa shape index (κ3) is 9.34. The van der Waals surface area contributed by atoms with Crippen LogP contribution in [0.3, 0.4) is 0 Å². The molecule has 2 aromatic heterocycles. The van der Waals surface area contributed by atoms with Gasteiger partial charge in [0, 0.05) is 26.3 Å². The molecule has 6 atom stereocenters. The normalized spacial score (nSPS) is 19.2. The number of imidazole rings is 2. The van der Waals surface area contributed by atoms with Crippen molar-refractivity contribution in [3.05, 3.63) is 84.7 Å². The second-order valence-corrected chi connectivity index (χ2v) is 17.5. The van der Waals surface area contributed by atoms with E-state index in [2.05, 4.69) is 86.6 Å². The maximum atomic E-state index is 14.0. The number of nitrogens with zero attached hydrogens (tertiary/aromatic N) is 3. The van der Waals surface area contributed by atoms with E-state index in [9.17, 15) is 19.2 Å². The van der Waals surface area contributed by atoms with E-state index in [1.165, 1.54) is 28.4 Å². The second-order valence-electron chi connectivity index (χ2n) is 17.5. The lowest BCUT2D eigenvalue weighted by molar-refractivity contribution is -0.137. The number of carbonyl (C=O) groups excluding carboxylic acids is 4. The molecule has 3 heterocycles. The van der Waals surface area contributed by atoms with E-state index in [0.29, 0.717) is 12.4 Å². The van der Waals surface area contributed by atoms with Crippen molar-refractivity contribution >= 4 is 34.8 Å². The average molecular weight is 875 g/mol. The molecule has 1 spiro atoms. The van der Waals surface area contributed by atoms with Gasteiger partial charge in [-0.05, 0) is 96.9 Å². The van der Waals surface area contributed by atoms with Crippen molar-refractivity contribution < 1.29 is 38.1 Å². The molecule has 0 bridgehead atoms. The lowest BCUT2D eigenvalue weighted by atomic mass is 9.96. The molecule has 3 aromatic carbocycles. The van der Waals surface area contributed by atoms with Crippen molar-refractivity contribution in [2.45, 2.75) is 95.2 Å². The molecule has 1 saturated heterocycles. The summed E-state index contributed by atoms with van der Waals surface area (Å²) in [5.41, 5.74) is 5.84. The van der Waals surface area contributed by atoms with E-state index in [1.54, 1.807) is 20.0 Å². The first-order valence-corrected chi connectivity index (χ1v) is 22.0. The van der Waals surface area contributed by atoms with Crippen LogP contribution in [-0.2, 0) is 28.5 Å². The summed E-state index contributed by atoms with van der Waals surface area (Å²) in [6.45, 7) is 4.08. The highest BCUT2D eigenvalue weighted by Gasteiger charge is 2.55. The molecule has 8 rings (SSSR count). The summed E-state index contributed by atoms with van der Waals surface area (Å²) >= 11 is 0. The van der Waals surface area contributed by atoms with Crippen LogP contribution in [0.4, 0.5) is 9.59 Å². The van der Waals surface area contributed by atoms with Crippen LogP contribution in [0.5, 0.6) is 0 Å². The van der Waals surface area contributed by atoms with Crippen LogP contribution in [-0.4, -0.2) is 108 Å². The van der Waals surface area contributed by atoms with Gasteiger partial charge in [0.15, 0.2) is 0 Å². The van der Waals surface area contributed by atoms with Gasteiger partial charge in [-0.1, -0.05) is 61.4 Å². The van der Waals surface area contributed by atoms with Crippen LogP contribution in [0.25, 0.3) is 44.4 Å². The Morgan fingerprint density at radius 1 is 0.703 bits per heavy atom. The minimum Gasteiger partial charge on any atom is -0.453 e. The van der Waals surface area contributed by atoms with E-state index >= 15 is 0 Å². The SMILES string of the molecule is COC(=O)N[C@H](C(=O)N[C@H](c1ncc(-c2ccc(-c3ccc4cc(-c5cnc([C@@H]6CC7(CC7)CN6C(=O)[C@@H](NC(=O)OC)C(C)OC)[nH]5)ccc4c3)cc2)[nH]1)C1CCCC1)C(C)OC. The molecule has 338 valence electrons. The Labute approximate surface area is 372 Å². The van der Waals surface area contributed by atoms with Gasteiger partial charge in [-0.15, -0.1) is 0 Å². The van der Waals surface area contributed by atoms with Crippen molar-refractivity contribution in [2.75, 3.05) is 35.0 Å². The molecule has 3 fully saturated rings. The number of amides is 4. The summed E-state index contributed by atoms with van der Waals surface area (Å²) in [5, 5.41) is 10.6. The number of carbonyl (C=O) groups is 4. The Bertz CT molecular complexity index is 2470. The van der Waals surface area contributed by atoms with Crippen molar-refractivity contribution in [3.63, 3.8) is 0 Å². The van der Waals surface area contributed by atoms with Crippen LogP contribution >= 0.6 is 0 Å². The number of alkyl carbamates (subject to hydrolysis) is 2. The molecule has 64 heavy (non-hydrogen) atoms. The largest absolute Gasteiger partial charge is 0.453 e. The Morgan fingerprint density at radius 3 is 1.91 bits per heavy atom. The van der Waals surface area contributed by atoms with Gasteiger partial charge in [0.2, 0.25) is 11.8 Å². The van der Waals surface area contributed by atoms with Crippen LogP contribution in [0.15, 0.2) is 73.1 Å². The lowest BCUT2D eigenvalue weighted by Crippen LogP contribution is -2.54. The van der Waals surface area contributed by atoms with E-state index in [-0.39, 0.29) is 35.2 Å². The zero-order valence-corrected chi connectivity index (χ0v) is 37.2. The summed E-state index contributed by atoms with van der Waals surface area (Å²) in [6, 6.07) is 18.6. The topological polar surface area (TPSA) is 202 Å². The summed E-state index contributed by atoms with van der Waals surface area (Å²) in [4.78, 5) is 70.2. The molecule has 5 aromatic rings. The van der Waals surface area contributed by atoms with Crippen LogP contribution in [0.2, 0.25) is 0 Å². The van der Waals surface area contributed by atoms with Gasteiger partial charge in [0.25, 0.3) is 0 Å². The first kappa shape index (κ1) is 44.4. The minimum absolute atomic E-state index is 0.0727. The first-order chi connectivity index (χ1) is 30.9. The molecule has 0 radical (unpaired) electrons. The summed E-state index contributed by atoms with van der Waals surface area (Å²) in [7, 11) is 5.54. The van der Waals surface area contributed by atoms with Gasteiger partial charge in [0.1, 0.15) is 23.7 Å². The molecule has 16 nitrogen and oxygen atoms in total. The number of methoxy groups -OCH3 is 4. The molecule has 5 N–H and O–H groups in total. The summed E-state index contributed by atoms with van der Waals surface area (Å²) in [6.07, 6.45) is 8.07. The molecule has 2 saturated carbocycles. The number of H-pyrrole nitrogens is 2. The number of nitrogens with one attached hydrogen (secondary N) is 5. The van der Waals surface area contributed by atoms with Gasteiger partial charge in [-0.2, -0.15) is 0 Å². The number of hydrogen-bond acceptors (Lipinski definition) is 10. The highest BCUT2D eigenvalue weighted by molar-refractivity contribution is 5.91. The van der Waals surface area contributed by atoms with Crippen molar-refractivity contribution in [3.8, 4) is 33.6 Å². The fourth-order valence-corrected chi connectivity index (χ4v) is 9.34. The zero-order valence-electron chi connectivity index (χ0n) is 37.2. The predicted octanol–water partition coefficient (Wildman–Crippen LogP) is 7.21. The van der Waals surface area contributed by atoms with Crippen molar-refractivity contribution in [1.82, 2.24) is 40.8 Å². The number of hydrogen-bond donors (Lipinski definition) is 5. The third-order valence-corrected chi connectivity index (χ3v) is 13.5. The Balaban J connectivity index is 0.962. The molecule has 16 heteroatoms. The predicted molar refractivity (Wildman–Crippen MR) is 240 cm³/mol. The molecular weight excluding hydrogens is 817 g/mol. The summed E-state index contributed by atoms with van der Waals surface area (Å²) < 4.78 is 20.5. The molecule has 1 aliphatic heterocycles. The number of benzene rings is 3. The summed E-state index contributed by atoms with van der Waals surface area (Å²) in [5.74, 6) is 0.993. The number of aromatic nitrogens is 4. The minimum atomic E-state index is -0.946. The van der Waals surface area contributed by atoms with Gasteiger partial charge in [-0.3, -0.25) is 9.59 Å². The van der Waals surface area contributed by atoms with Crippen molar-refractivity contribution in [2.24, 2.45) is 11.3 Å². The fraction of sp³-hybridized carbons (Fsp3) is 0.458. The third-order valence-electron chi connectivity index (χ3n) is 13.5. The number of fused-ring (bicyclic) bond motifs is 1. The van der Waals surface area contributed by atoms with Gasteiger partial charge in [-0.25, -0.2) is 19.6 Å². The van der Waals surface area contributed by atoms with E-state index < -0.39 is 36.5 Å². The Morgan fingerprint density at radius 2 is 1.27 bits per heavy atom. The van der Waals surface area contributed by atoms with Crippen molar-refractivity contribution in [1.29, 1.82) is 0 Å². The Hall–Kier alpha value is -6.26. The maximum absolute atomic E-state index is 14.0. The highest BCUT2D eigenvalue weighted by Crippen LogP contribution is 2.58. The highest BCUT2D eigenvalue weighted by atomic mass is 16.5. The van der Waals surface area contributed by atoms with Gasteiger partial charge in [0.05, 0.1) is 62.3 Å². The lowest BCUT2D eigenvalue weighted by Gasteiger charge is -2.30. The van der Waals surface area contributed by atoms with Gasteiger partial charge >= 0.3 is 12.2 Å². The molecular formula is C48H58N8O8. The first-order valence-electron chi connectivity index (χ1n) is 22.0. The van der Waals surface area contributed by atoms with E-state index in [4.69, 9.17) is 28.9 Å². The zero-order chi connectivity index (χ0) is 45.1. The van der Waals surface area contributed by atoms with E-state index in [1.807, 2.05) is 11.1 Å². The van der Waals surface area contributed by atoms with Gasteiger partial charge < -0.3 is 49.8 Å². The molecule has 3 aliphatic rings. The number of rotatable bonds is 15. The van der Waals surface area contributed by atoms with Crippen LogP contribution in [0, 0.1) is 11.3 Å². The number of aromatic amines is 2. The standard InChI is InChI=1S/C48H58N8O8/c1-27(61-3)39(54-46(59)63-5)44(57)53-41(31-9-7-8-10-31)43-50-24-36(52-43)30-13-11-29(12-14-30)32-15-16-34-22-35(18-17-33(34)21-32)37-25-49-42(51-37)38-23-48(19-20-48)26-56(38)45(58)40(28(2)62-4)55-47(60)64-6/h11-18,21-22,24-25,27-28,31,38-41H,7-10,19-20,23,26H2,1-6H3,(H,49,51)(H,50,52)(H,53,57)(H,54,59)(H,55,60)/t27?,28?,38-,39-,40-,41-/m0/s1. The monoisotopic (exact) mass is 874 g/mol. The van der Waals surface area contributed by atoms with E-state index in [0.717, 1.165) is 95.2 Å². The molecule has 4 amide bonds. The maximum Gasteiger partial charge on any atom is 0.407 e. The average Bonchev–Trinajstić information content (AvgIpc) is 3.90. The number of ether oxygens (including phenoxy) is 4. The number of likely N-dealkylation sites (tertiary alicyclic amines) is 1. The van der Waals surface area contributed by atoms with Crippen LogP contribution in [0.1, 0.15) is 82.5 Å². The molecule has 2 unspecified atom stereocenters. The molecule has 2 aliphatic carbocycles. The smallest absolute Gasteiger partial charge is 0.407 e.